The van der Waals surface area contributed by atoms with E-state index in [-0.39, 0.29) is 47.2 Å². The van der Waals surface area contributed by atoms with Crippen LogP contribution in [-0.4, -0.2) is 67.3 Å². The maximum atomic E-state index is 13.2. The first-order chi connectivity index (χ1) is 16.5. The summed E-state index contributed by atoms with van der Waals surface area (Å²) in [5.74, 6) is -0.804. The third-order valence-electron chi connectivity index (χ3n) is 5.48. The van der Waals surface area contributed by atoms with Gasteiger partial charge >= 0.3 is 6.18 Å². The molecule has 1 atom stereocenters. The first-order valence-electron chi connectivity index (χ1n) is 10.6. The molecule has 2 heterocycles. The summed E-state index contributed by atoms with van der Waals surface area (Å²) >= 11 is 0. The molecule has 35 heavy (non-hydrogen) atoms. The van der Waals surface area contributed by atoms with Gasteiger partial charge in [-0.05, 0) is 24.3 Å². The van der Waals surface area contributed by atoms with Gasteiger partial charge in [0.05, 0.1) is 12.3 Å². The Morgan fingerprint density at radius 2 is 2.06 bits per heavy atom. The molecule has 1 unspecified atom stereocenters. The molecular weight excluding hydrogens is 467 g/mol. The second-order valence-corrected chi connectivity index (χ2v) is 8.17. The fraction of sp³-hybridized carbons (Fsp3) is 0.391. The lowest BCUT2D eigenvalue weighted by Gasteiger charge is -2.31. The molecule has 9 nitrogen and oxygen atoms in total. The van der Waals surface area contributed by atoms with Crippen molar-refractivity contribution in [2.75, 3.05) is 34.4 Å². The van der Waals surface area contributed by atoms with Crippen molar-refractivity contribution < 1.29 is 32.2 Å². The van der Waals surface area contributed by atoms with Gasteiger partial charge in [0, 0.05) is 51.5 Å². The van der Waals surface area contributed by atoms with Crippen molar-refractivity contribution >= 4 is 17.5 Å². The normalized spacial score (nSPS) is 21.3. The molecule has 0 radical (unpaired) electrons. The maximum Gasteiger partial charge on any atom is 0.433 e. The molecule has 1 aromatic rings. The summed E-state index contributed by atoms with van der Waals surface area (Å²) in [4.78, 5) is 30.7. The molecule has 0 spiro atoms. The highest BCUT2D eigenvalue weighted by atomic mass is 19.4. The lowest BCUT2D eigenvalue weighted by Crippen LogP contribution is -2.60. The molecule has 188 valence electrons. The van der Waals surface area contributed by atoms with Crippen molar-refractivity contribution in [1.82, 2.24) is 20.5 Å². The number of allylic oxidation sites excluding steroid dienone is 4. The third-order valence-corrected chi connectivity index (χ3v) is 5.48. The van der Waals surface area contributed by atoms with E-state index in [1.165, 1.54) is 42.3 Å². The number of rotatable bonds is 7. The smallest absolute Gasteiger partial charge is 0.433 e. The Morgan fingerprint density at radius 3 is 2.66 bits per heavy atom. The summed E-state index contributed by atoms with van der Waals surface area (Å²) in [6.45, 7) is -0.107. The van der Waals surface area contributed by atoms with Gasteiger partial charge in [-0.2, -0.15) is 13.2 Å². The second kappa shape index (κ2) is 10.3. The number of aromatic nitrogens is 1. The van der Waals surface area contributed by atoms with Crippen LogP contribution in [0.25, 0.3) is 0 Å². The number of nitrogens with zero attached hydrogens (tertiary/aromatic N) is 2. The SMILES string of the molecule is CN/C(C(=O)NC1(C(=O)N(C)C)CCOC1)=C1/C=C(OCc2cccnc2C(F)(F)F)C=CC1=N. The number of carbonyl (C=O) groups is 2. The monoisotopic (exact) mass is 493 g/mol. The molecule has 12 heteroatoms. The fourth-order valence-electron chi connectivity index (χ4n) is 3.76. The van der Waals surface area contributed by atoms with Crippen molar-refractivity contribution in [3.05, 3.63) is 64.8 Å². The maximum absolute atomic E-state index is 13.2. The molecule has 2 amide bonds. The van der Waals surface area contributed by atoms with E-state index < -0.39 is 29.9 Å². The van der Waals surface area contributed by atoms with Crippen molar-refractivity contribution in [3.63, 3.8) is 0 Å². The Hall–Kier alpha value is -3.67. The molecule has 0 bridgehead atoms. The lowest BCUT2D eigenvalue weighted by atomic mass is 9.95. The van der Waals surface area contributed by atoms with E-state index in [4.69, 9.17) is 14.9 Å². The van der Waals surface area contributed by atoms with E-state index in [2.05, 4.69) is 15.6 Å². The zero-order valence-electron chi connectivity index (χ0n) is 19.5. The number of hydrogen-bond acceptors (Lipinski definition) is 7. The highest BCUT2D eigenvalue weighted by Gasteiger charge is 2.45. The number of carbonyl (C=O) groups excluding carboxylic acids is 2. The average molecular weight is 493 g/mol. The molecule has 1 aromatic heterocycles. The van der Waals surface area contributed by atoms with Crippen LogP contribution < -0.4 is 10.6 Å². The summed E-state index contributed by atoms with van der Waals surface area (Å²) in [6, 6.07) is 2.64. The van der Waals surface area contributed by atoms with E-state index in [1.807, 2.05) is 0 Å². The van der Waals surface area contributed by atoms with Crippen molar-refractivity contribution in [2.45, 2.75) is 24.7 Å². The topological polar surface area (TPSA) is 117 Å². The number of likely N-dealkylation sites (N-methyl/N-ethyl adjacent to an activating group) is 2. The number of ether oxygens (including phenoxy) is 2. The van der Waals surface area contributed by atoms with Crippen molar-refractivity contribution in [1.29, 1.82) is 5.41 Å². The molecular formula is C23H26F3N5O4. The number of nitrogens with one attached hydrogen (secondary N) is 3. The van der Waals surface area contributed by atoms with Crippen LogP contribution in [0.3, 0.4) is 0 Å². The Labute approximate surface area is 200 Å². The fourth-order valence-corrected chi connectivity index (χ4v) is 3.76. The Kier molecular flexibility index (Phi) is 7.64. The minimum absolute atomic E-state index is 0.00404. The lowest BCUT2D eigenvalue weighted by molar-refractivity contribution is -0.142. The van der Waals surface area contributed by atoms with Gasteiger partial charge in [0.1, 0.15) is 23.6 Å². The molecule has 0 saturated carbocycles. The van der Waals surface area contributed by atoms with Crippen molar-refractivity contribution in [2.24, 2.45) is 0 Å². The summed E-state index contributed by atoms with van der Waals surface area (Å²) in [6.07, 6.45) is 0.866. The number of alkyl halides is 3. The predicted octanol–water partition coefficient (Wildman–Crippen LogP) is 1.93. The van der Waals surface area contributed by atoms with Gasteiger partial charge in [-0.15, -0.1) is 0 Å². The largest absolute Gasteiger partial charge is 0.489 e. The van der Waals surface area contributed by atoms with E-state index in [1.54, 1.807) is 14.1 Å². The average Bonchev–Trinajstić information content (AvgIpc) is 3.28. The van der Waals surface area contributed by atoms with E-state index >= 15 is 0 Å². The van der Waals surface area contributed by atoms with Gasteiger partial charge in [-0.25, -0.2) is 0 Å². The number of halogens is 3. The number of amides is 2. The van der Waals surface area contributed by atoms with Crippen LogP contribution in [0.4, 0.5) is 13.2 Å². The highest BCUT2D eigenvalue weighted by Crippen LogP contribution is 2.31. The van der Waals surface area contributed by atoms with Crippen LogP contribution >= 0.6 is 0 Å². The minimum Gasteiger partial charge on any atom is -0.489 e. The van der Waals surface area contributed by atoms with Crippen LogP contribution in [0.2, 0.25) is 0 Å². The van der Waals surface area contributed by atoms with Crippen LogP contribution in [0.5, 0.6) is 0 Å². The van der Waals surface area contributed by atoms with Crippen LogP contribution in [0, 0.1) is 5.41 Å². The van der Waals surface area contributed by atoms with Crippen LogP contribution in [-0.2, 0) is 31.8 Å². The van der Waals surface area contributed by atoms with E-state index in [0.717, 1.165) is 6.20 Å². The summed E-state index contributed by atoms with van der Waals surface area (Å²) < 4.78 is 50.5. The summed E-state index contributed by atoms with van der Waals surface area (Å²) in [5, 5.41) is 13.7. The van der Waals surface area contributed by atoms with Crippen LogP contribution in [0.15, 0.2) is 53.6 Å². The number of pyridine rings is 1. The summed E-state index contributed by atoms with van der Waals surface area (Å²) in [7, 11) is 4.64. The summed E-state index contributed by atoms with van der Waals surface area (Å²) in [5.41, 5.74) is -2.32. The van der Waals surface area contributed by atoms with Gasteiger partial charge < -0.3 is 30.4 Å². The quantitative estimate of drug-likeness (QED) is 0.500. The molecule has 1 saturated heterocycles. The zero-order chi connectivity index (χ0) is 25.8. The van der Waals surface area contributed by atoms with Gasteiger partial charge in [0.2, 0.25) is 5.91 Å². The second-order valence-electron chi connectivity index (χ2n) is 8.17. The Morgan fingerprint density at radius 1 is 1.31 bits per heavy atom. The Balaban J connectivity index is 1.85. The molecule has 0 aromatic carbocycles. The predicted molar refractivity (Wildman–Crippen MR) is 120 cm³/mol. The Bertz CT molecular complexity index is 1100. The van der Waals surface area contributed by atoms with E-state index in [9.17, 15) is 22.8 Å². The zero-order valence-corrected chi connectivity index (χ0v) is 19.5. The first-order valence-corrected chi connectivity index (χ1v) is 10.6. The van der Waals surface area contributed by atoms with Gasteiger partial charge in [-0.3, -0.25) is 14.6 Å². The molecule has 3 rings (SSSR count). The van der Waals surface area contributed by atoms with E-state index in [0.29, 0.717) is 6.61 Å². The molecule has 1 aliphatic carbocycles. The minimum atomic E-state index is -4.63. The molecule has 1 fully saturated rings. The molecule has 2 aliphatic rings. The van der Waals surface area contributed by atoms with Gasteiger partial charge in [0.25, 0.3) is 5.91 Å². The first kappa shape index (κ1) is 25.9. The third kappa shape index (κ3) is 5.70. The standard InChI is InChI=1S/C23H26F3N5O4/c1-28-18(20(32)30-22(8-10-34-13-22)21(33)31(2)3)16-11-15(6-7-17(16)27)35-12-14-5-4-9-29-19(14)23(24,25)26/h4-7,9,11,27-28H,8,10,12-13H2,1-3H3,(H,30,32)/b18-16-,27-17?. The number of hydrogen-bond donors (Lipinski definition) is 3. The highest BCUT2D eigenvalue weighted by molar-refractivity contribution is 6.15. The van der Waals surface area contributed by atoms with Crippen LogP contribution in [0.1, 0.15) is 17.7 Å². The molecule has 1 aliphatic heterocycles. The molecule has 3 N–H and O–H groups in total. The van der Waals surface area contributed by atoms with Gasteiger partial charge in [0.15, 0.2) is 5.69 Å². The van der Waals surface area contributed by atoms with Gasteiger partial charge in [-0.1, -0.05) is 6.07 Å². The van der Waals surface area contributed by atoms with Crippen molar-refractivity contribution in [3.8, 4) is 0 Å².